The van der Waals surface area contributed by atoms with Gasteiger partial charge in [0.1, 0.15) is 6.04 Å². The summed E-state index contributed by atoms with van der Waals surface area (Å²) in [4.78, 5) is 15.9. The van der Waals surface area contributed by atoms with E-state index in [2.05, 4.69) is 0 Å². The average Bonchev–Trinajstić information content (AvgIpc) is 2.97. The normalized spacial score (nSPS) is 16.2. The summed E-state index contributed by atoms with van der Waals surface area (Å²) in [5.41, 5.74) is 2.66. The van der Waals surface area contributed by atoms with Crippen molar-refractivity contribution in [2.45, 2.75) is 35.2 Å². The van der Waals surface area contributed by atoms with E-state index in [9.17, 15) is 21.6 Å². The maximum Gasteiger partial charge on any atom is 0.245 e. The maximum atomic E-state index is 13.9. The molecule has 1 aliphatic rings. The van der Waals surface area contributed by atoms with E-state index in [0.29, 0.717) is 41.2 Å². The Balaban J connectivity index is 1.48. The summed E-state index contributed by atoms with van der Waals surface area (Å²) in [7, 11) is -7.48. The molecule has 4 aromatic rings. The monoisotopic (exact) mass is 608 g/mol. The SMILES string of the molecule is CS(=O)(=O)c1ccccc1-c1ccc(N2CCCC(N(Cc3ccccc3)S(=O)(=O)c3ccc(Cl)cc3)C2=O)cc1. The standard InChI is InChI=1S/C31H29ClN2O5S2/c1-40(36,37)30-12-6-5-10-28(30)24-13-17-26(18-14-24)33-21-7-11-29(31(33)35)34(22-23-8-3-2-4-9-23)41(38,39)27-19-15-25(32)16-20-27/h2-6,8-10,12-20,29H,7,11,21-22H2,1H3. The lowest BCUT2D eigenvalue weighted by Gasteiger charge is -2.38. The Hall–Kier alpha value is -3.50. The largest absolute Gasteiger partial charge is 0.311 e. The van der Waals surface area contributed by atoms with Gasteiger partial charge in [-0.3, -0.25) is 4.79 Å². The van der Waals surface area contributed by atoms with Gasteiger partial charge < -0.3 is 4.90 Å². The highest BCUT2D eigenvalue weighted by Crippen LogP contribution is 2.32. The predicted octanol–water partition coefficient (Wildman–Crippen LogP) is 5.80. The van der Waals surface area contributed by atoms with Gasteiger partial charge in [-0.15, -0.1) is 0 Å². The highest BCUT2D eigenvalue weighted by atomic mass is 35.5. The Bertz CT molecular complexity index is 1760. The van der Waals surface area contributed by atoms with Crippen LogP contribution >= 0.6 is 11.6 Å². The molecule has 1 fully saturated rings. The first-order valence-corrected chi connectivity index (χ1v) is 16.8. The number of nitrogens with zero attached hydrogens (tertiary/aromatic N) is 2. The van der Waals surface area contributed by atoms with Crippen molar-refractivity contribution in [2.24, 2.45) is 0 Å². The van der Waals surface area contributed by atoms with Crippen molar-refractivity contribution in [3.8, 4) is 11.1 Å². The number of anilines is 1. The van der Waals surface area contributed by atoms with E-state index in [1.165, 1.54) is 34.8 Å². The van der Waals surface area contributed by atoms with E-state index in [4.69, 9.17) is 11.6 Å². The van der Waals surface area contributed by atoms with E-state index in [0.717, 1.165) is 5.56 Å². The van der Waals surface area contributed by atoms with Gasteiger partial charge in [-0.2, -0.15) is 4.31 Å². The zero-order valence-corrected chi connectivity index (χ0v) is 24.7. The van der Waals surface area contributed by atoms with Gasteiger partial charge in [0.05, 0.1) is 9.79 Å². The summed E-state index contributed by atoms with van der Waals surface area (Å²) in [6.07, 6.45) is 2.16. The lowest BCUT2D eigenvalue weighted by atomic mass is 10.0. The van der Waals surface area contributed by atoms with E-state index in [1.807, 2.05) is 30.3 Å². The van der Waals surface area contributed by atoms with Gasteiger partial charge in [-0.05, 0) is 66.4 Å². The molecule has 0 bridgehead atoms. The van der Waals surface area contributed by atoms with Gasteiger partial charge >= 0.3 is 0 Å². The summed E-state index contributed by atoms with van der Waals surface area (Å²) in [5, 5.41) is 0.418. The molecule has 0 aromatic heterocycles. The van der Waals surface area contributed by atoms with Crippen molar-refractivity contribution >= 4 is 43.1 Å². The van der Waals surface area contributed by atoms with Crippen LogP contribution in [0.3, 0.4) is 0 Å². The third-order valence-corrected chi connectivity index (χ3v) is 10.4. The smallest absolute Gasteiger partial charge is 0.245 e. The molecular formula is C31H29ClN2O5S2. The lowest BCUT2D eigenvalue weighted by Crippen LogP contribution is -2.54. The van der Waals surface area contributed by atoms with Gasteiger partial charge in [0.25, 0.3) is 0 Å². The van der Waals surface area contributed by atoms with Gasteiger partial charge in [0.2, 0.25) is 15.9 Å². The minimum absolute atomic E-state index is 0.0389. The van der Waals surface area contributed by atoms with Crippen LogP contribution in [0.25, 0.3) is 11.1 Å². The van der Waals surface area contributed by atoms with Crippen molar-refractivity contribution in [3.63, 3.8) is 0 Å². The molecule has 1 aliphatic heterocycles. The minimum Gasteiger partial charge on any atom is -0.311 e. The topological polar surface area (TPSA) is 91.8 Å². The van der Waals surface area contributed by atoms with Crippen LogP contribution in [0.1, 0.15) is 18.4 Å². The summed E-state index contributed by atoms with van der Waals surface area (Å²) >= 11 is 6.01. The molecule has 1 atom stereocenters. The molecule has 4 aromatic carbocycles. The quantitative estimate of drug-likeness (QED) is 0.252. The molecule has 0 spiro atoms. The molecule has 10 heteroatoms. The van der Waals surface area contributed by atoms with Crippen LogP contribution in [0.5, 0.6) is 0 Å². The summed E-state index contributed by atoms with van der Waals surface area (Å²) in [6, 6.07) is 28.1. The van der Waals surface area contributed by atoms with Crippen molar-refractivity contribution < 1.29 is 21.6 Å². The van der Waals surface area contributed by atoms with Crippen LogP contribution in [0.4, 0.5) is 5.69 Å². The second-order valence-corrected chi connectivity index (χ2v) is 14.3. The van der Waals surface area contributed by atoms with Crippen molar-refractivity contribution in [1.29, 1.82) is 0 Å². The highest BCUT2D eigenvalue weighted by Gasteiger charge is 2.40. The first-order chi connectivity index (χ1) is 19.6. The Morgan fingerprint density at radius 3 is 2.12 bits per heavy atom. The highest BCUT2D eigenvalue weighted by molar-refractivity contribution is 7.90. The number of benzene rings is 4. The number of hydrogen-bond acceptors (Lipinski definition) is 5. The van der Waals surface area contributed by atoms with Crippen LogP contribution < -0.4 is 4.90 Å². The molecule has 5 rings (SSSR count). The minimum atomic E-state index is -4.05. The Morgan fingerprint density at radius 2 is 1.46 bits per heavy atom. The second kappa shape index (κ2) is 11.8. The molecule has 41 heavy (non-hydrogen) atoms. The molecular weight excluding hydrogens is 580 g/mol. The number of amides is 1. The van der Waals surface area contributed by atoms with E-state index >= 15 is 0 Å². The molecule has 1 unspecified atom stereocenters. The molecule has 212 valence electrons. The van der Waals surface area contributed by atoms with E-state index in [1.54, 1.807) is 53.4 Å². The van der Waals surface area contributed by atoms with Crippen LogP contribution in [0, 0.1) is 0 Å². The fourth-order valence-corrected chi connectivity index (χ4v) is 7.73. The van der Waals surface area contributed by atoms with Crippen molar-refractivity contribution in [3.05, 3.63) is 114 Å². The maximum absolute atomic E-state index is 13.9. The number of hydrogen-bond donors (Lipinski definition) is 0. The molecule has 0 aliphatic carbocycles. The summed E-state index contributed by atoms with van der Waals surface area (Å²) < 4.78 is 53.7. The van der Waals surface area contributed by atoms with Gasteiger partial charge in [0, 0.05) is 35.6 Å². The number of carbonyl (C=O) groups is 1. The lowest BCUT2D eigenvalue weighted by molar-refractivity contribution is -0.123. The van der Waals surface area contributed by atoms with E-state index < -0.39 is 25.9 Å². The summed E-state index contributed by atoms with van der Waals surface area (Å²) in [6.45, 7) is 0.478. The Labute approximate surface area is 246 Å². The number of rotatable bonds is 8. The van der Waals surface area contributed by atoms with Gasteiger partial charge in [-0.25, -0.2) is 16.8 Å². The second-order valence-electron chi connectivity index (χ2n) is 9.95. The number of sulfone groups is 1. The molecule has 7 nitrogen and oxygen atoms in total. The molecule has 1 heterocycles. The summed E-state index contributed by atoms with van der Waals surface area (Å²) in [5.74, 6) is -0.311. The predicted molar refractivity (Wildman–Crippen MR) is 161 cm³/mol. The Morgan fingerprint density at radius 1 is 0.829 bits per heavy atom. The van der Waals surface area contributed by atoms with Gasteiger partial charge in [0.15, 0.2) is 9.84 Å². The number of halogens is 1. The fraction of sp³-hybridized carbons (Fsp3) is 0.194. The average molecular weight is 609 g/mol. The fourth-order valence-electron chi connectivity index (χ4n) is 5.10. The van der Waals surface area contributed by atoms with Gasteiger partial charge in [-0.1, -0.05) is 72.3 Å². The third kappa shape index (κ3) is 6.23. The first-order valence-electron chi connectivity index (χ1n) is 13.1. The van der Waals surface area contributed by atoms with Crippen LogP contribution in [0.2, 0.25) is 5.02 Å². The zero-order chi connectivity index (χ0) is 29.2. The Kier molecular flexibility index (Phi) is 8.33. The number of piperidine rings is 1. The van der Waals surface area contributed by atoms with Crippen molar-refractivity contribution in [2.75, 3.05) is 17.7 Å². The van der Waals surface area contributed by atoms with E-state index in [-0.39, 0.29) is 22.2 Å². The molecule has 0 N–H and O–H groups in total. The van der Waals surface area contributed by atoms with Crippen LogP contribution in [-0.2, 0) is 31.2 Å². The van der Waals surface area contributed by atoms with Crippen LogP contribution in [-0.4, -0.2) is 45.9 Å². The molecule has 0 radical (unpaired) electrons. The number of sulfonamides is 1. The first kappa shape index (κ1) is 29.0. The molecule has 1 saturated heterocycles. The molecule has 0 saturated carbocycles. The number of carbonyl (C=O) groups excluding carboxylic acids is 1. The van der Waals surface area contributed by atoms with Crippen molar-refractivity contribution in [1.82, 2.24) is 4.31 Å². The molecule has 1 amide bonds. The van der Waals surface area contributed by atoms with Crippen LogP contribution in [0.15, 0.2) is 113 Å². The third-order valence-electron chi connectivity index (χ3n) is 7.14. The zero-order valence-electron chi connectivity index (χ0n) is 22.4.